The Bertz CT molecular complexity index is 591. The van der Waals surface area contributed by atoms with Crippen molar-refractivity contribution in [2.45, 2.75) is 20.3 Å². The van der Waals surface area contributed by atoms with Gasteiger partial charge in [0.05, 0.1) is 5.56 Å². The van der Waals surface area contributed by atoms with E-state index in [0.717, 1.165) is 28.5 Å². The third-order valence-electron chi connectivity index (χ3n) is 2.61. The highest BCUT2D eigenvalue weighted by Gasteiger charge is 2.15. The molecule has 0 aliphatic rings. The summed E-state index contributed by atoms with van der Waals surface area (Å²) in [5.41, 5.74) is 2.78. The van der Waals surface area contributed by atoms with E-state index in [1.54, 1.807) is 6.92 Å². The van der Waals surface area contributed by atoms with E-state index in [4.69, 9.17) is 16.0 Å². The van der Waals surface area contributed by atoms with Gasteiger partial charge in [0.1, 0.15) is 10.8 Å². The van der Waals surface area contributed by atoms with Gasteiger partial charge < -0.3 is 4.42 Å². The highest BCUT2D eigenvalue weighted by Crippen LogP contribution is 2.37. The monoisotopic (exact) mass is 247 g/mol. The molecule has 0 fully saturated rings. The second kappa shape index (κ2) is 4.76. The highest BCUT2D eigenvalue weighted by atomic mass is 35.5. The molecular formula is C14H14ClNO. The van der Waals surface area contributed by atoms with E-state index < -0.39 is 0 Å². The molecule has 0 radical (unpaired) electrons. The molecule has 0 spiro atoms. The number of benzene rings is 1. The Morgan fingerprint density at radius 1 is 1.41 bits per heavy atom. The summed E-state index contributed by atoms with van der Waals surface area (Å²) < 4.78 is 5.70. The van der Waals surface area contributed by atoms with Gasteiger partial charge in [-0.3, -0.25) is 0 Å². The van der Waals surface area contributed by atoms with Gasteiger partial charge in [-0.1, -0.05) is 43.3 Å². The second-order valence-electron chi connectivity index (χ2n) is 3.84. The quantitative estimate of drug-likeness (QED) is 0.689. The second-order valence-corrected chi connectivity index (χ2v) is 4.39. The Morgan fingerprint density at radius 3 is 2.76 bits per heavy atom. The SMILES string of the molecule is C=C(CC)c1c(/N=C(\C)Cl)oc2ccccc12. The van der Waals surface area contributed by atoms with Gasteiger partial charge >= 0.3 is 0 Å². The molecule has 0 bridgehead atoms. The number of rotatable bonds is 3. The van der Waals surface area contributed by atoms with E-state index in [0.29, 0.717) is 11.1 Å². The predicted molar refractivity (Wildman–Crippen MR) is 74.2 cm³/mol. The maximum absolute atomic E-state index is 5.82. The van der Waals surface area contributed by atoms with Crippen molar-refractivity contribution in [2.75, 3.05) is 0 Å². The van der Waals surface area contributed by atoms with Crippen LogP contribution in [0.5, 0.6) is 0 Å². The minimum atomic E-state index is 0.453. The van der Waals surface area contributed by atoms with Crippen molar-refractivity contribution < 1.29 is 4.42 Å². The molecule has 0 atom stereocenters. The summed E-state index contributed by atoms with van der Waals surface area (Å²) in [5.74, 6) is 0.547. The molecule has 2 rings (SSSR count). The van der Waals surface area contributed by atoms with Crippen LogP contribution in [0.15, 0.2) is 40.3 Å². The number of halogens is 1. The summed E-state index contributed by atoms with van der Waals surface area (Å²) in [5, 5.41) is 1.49. The lowest BCUT2D eigenvalue weighted by Crippen LogP contribution is -1.81. The zero-order valence-corrected chi connectivity index (χ0v) is 10.7. The van der Waals surface area contributed by atoms with Gasteiger partial charge in [-0.25, -0.2) is 4.99 Å². The van der Waals surface area contributed by atoms with Crippen LogP contribution in [0, 0.1) is 0 Å². The minimum absolute atomic E-state index is 0.453. The molecule has 17 heavy (non-hydrogen) atoms. The average Bonchev–Trinajstić information content (AvgIpc) is 2.65. The number of para-hydroxylation sites is 1. The lowest BCUT2D eigenvalue weighted by Gasteiger charge is -2.00. The van der Waals surface area contributed by atoms with Crippen LogP contribution in [0.1, 0.15) is 25.8 Å². The third-order valence-corrected chi connectivity index (χ3v) is 2.70. The first-order chi connectivity index (χ1) is 8.13. The predicted octanol–water partition coefficient (Wildman–Crippen LogP) is 5.14. The standard InChI is InChI=1S/C14H14ClNO/c1-4-9(2)13-11-7-5-6-8-12(11)17-14(13)16-10(3)15/h5-8H,2,4H2,1,3H3/b16-10+. The van der Waals surface area contributed by atoms with Gasteiger partial charge in [-0.15, -0.1) is 0 Å². The molecular weight excluding hydrogens is 234 g/mol. The Balaban J connectivity index is 2.74. The largest absolute Gasteiger partial charge is 0.438 e. The molecule has 0 saturated heterocycles. The van der Waals surface area contributed by atoms with Crippen molar-refractivity contribution in [3.8, 4) is 0 Å². The molecule has 88 valence electrons. The molecule has 1 heterocycles. The topological polar surface area (TPSA) is 25.5 Å². The van der Waals surface area contributed by atoms with Crippen molar-refractivity contribution in [2.24, 2.45) is 4.99 Å². The van der Waals surface area contributed by atoms with Crippen molar-refractivity contribution in [3.05, 3.63) is 36.4 Å². The number of hydrogen-bond donors (Lipinski definition) is 0. The summed E-state index contributed by atoms with van der Waals surface area (Å²) in [6.45, 7) is 7.85. The van der Waals surface area contributed by atoms with E-state index in [2.05, 4.69) is 18.5 Å². The first-order valence-corrected chi connectivity index (χ1v) is 5.91. The van der Waals surface area contributed by atoms with Gasteiger partial charge in [0.15, 0.2) is 0 Å². The fraction of sp³-hybridized carbons (Fsp3) is 0.214. The molecule has 3 heteroatoms. The highest BCUT2D eigenvalue weighted by molar-refractivity contribution is 6.65. The Hall–Kier alpha value is -1.54. The number of nitrogens with zero attached hydrogens (tertiary/aromatic N) is 1. The molecule has 1 aromatic carbocycles. The first kappa shape index (κ1) is 11.9. The maximum atomic E-state index is 5.82. The van der Waals surface area contributed by atoms with Crippen LogP contribution in [0.4, 0.5) is 5.88 Å². The molecule has 0 aliphatic carbocycles. The van der Waals surface area contributed by atoms with Gasteiger partial charge in [0.25, 0.3) is 0 Å². The van der Waals surface area contributed by atoms with E-state index in [-0.39, 0.29) is 0 Å². The normalized spacial score (nSPS) is 12.1. The number of allylic oxidation sites excluding steroid dienone is 1. The molecule has 0 N–H and O–H groups in total. The fourth-order valence-electron chi connectivity index (χ4n) is 1.77. The zero-order valence-electron chi connectivity index (χ0n) is 9.96. The van der Waals surface area contributed by atoms with Crippen LogP contribution in [-0.2, 0) is 0 Å². The number of fused-ring (bicyclic) bond motifs is 1. The van der Waals surface area contributed by atoms with Gasteiger partial charge in [-0.2, -0.15) is 0 Å². The average molecular weight is 248 g/mol. The van der Waals surface area contributed by atoms with Gasteiger partial charge in [0.2, 0.25) is 5.88 Å². The summed E-state index contributed by atoms with van der Waals surface area (Å²) in [6.07, 6.45) is 0.855. The van der Waals surface area contributed by atoms with Crippen molar-refractivity contribution in [3.63, 3.8) is 0 Å². The van der Waals surface area contributed by atoms with E-state index in [9.17, 15) is 0 Å². The van der Waals surface area contributed by atoms with Crippen LogP contribution >= 0.6 is 11.6 Å². The summed E-state index contributed by atoms with van der Waals surface area (Å²) >= 11 is 5.82. The Morgan fingerprint density at radius 2 is 2.12 bits per heavy atom. The Labute approximate surface area is 106 Å². The fourth-order valence-corrected chi connectivity index (χ4v) is 1.85. The lowest BCUT2D eigenvalue weighted by molar-refractivity contribution is 0.625. The van der Waals surface area contributed by atoms with Crippen LogP contribution in [0.3, 0.4) is 0 Å². The molecule has 1 aromatic heterocycles. The summed E-state index contributed by atoms with van der Waals surface area (Å²) in [4.78, 5) is 4.22. The molecule has 0 amide bonds. The molecule has 2 aromatic rings. The zero-order chi connectivity index (χ0) is 12.4. The number of furan rings is 1. The number of aliphatic imine (C=N–C) groups is 1. The summed E-state index contributed by atoms with van der Waals surface area (Å²) in [7, 11) is 0. The van der Waals surface area contributed by atoms with E-state index in [1.807, 2.05) is 24.3 Å². The number of hydrogen-bond acceptors (Lipinski definition) is 2. The maximum Gasteiger partial charge on any atom is 0.228 e. The smallest absolute Gasteiger partial charge is 0.228 e. The van der Waals surface area contributed by atoms with Crippen LogP contribution in [-0.4, -0.2) is 5.17 Å². The van der Waals surface area contributed by atoms with Crippen molar-refractivity contribution >= 4 is 39.2 Å². The molecule has 2 nitrogen and oxygen atoms in total. The lowest BCUT2D eigenvalue weighted by atomic mass is 10.0. The van der Waals surface area contributed by atoms with Crippen molar-refractivity contribution in [1.29, 1.82) is 0 Å². The van der Waals surface area contributed by atoms with Gasteiger partial charge in [-0.05, 0) is 25.0 Å². The van der Waals surface area contributed by atoms with E-state index >= 15 is 0 Å². The van der Waals surface area contributed by atoms with Crippen LogP contribution < -0.4 is 0 Å². The third kappa shape index (κ3) is 2.27. The van der Waals surface area contributed by atoms with Crippen LogP contribution in [0.25, 0.3) is 16.5 Å². The van der Waals surface area contributed by atoms with E-state index in [1.165, 1.54) is 0 Å². The Kier molecular flexibility index (Phi) is 3.34. The van der Waals surface area contributed by atoms with Crippen LogP contribution in [0.2, 0.25) is 0 Å². The van der Waals surface area contributed by atoms with Gasteiger partial charge in [0, 0.05) is 5.39 Å². The minimum Gasteiger partial charge on any atom is -0.438 e. The van der Waals surface area contributed by atoms with Crippen molar-refractivity contribution in [1.82, 2.24) is 0 Å². The molecule has 0 unspecified atom stereocenters. The summed E-state index contributed by atoms with van der Waals surface area (Å²) in [6, 6.07) is 7.85. The molecule has 0 aliphatic heterocycles. The molecule has 0 saturated carbocycles. The first-order valence-electron chi connectivity index (χ1n) is 5.54.